The summed E-state index contributed by atoms with van der Waals surface area (Å²) >= 11 is 0. The highest BCUT2D eigenvalue weighted by atomic mass is 32.2. The second-order valence-corrected chi connectivity index (χ2v) is 7.85. The van der Waals surface area contributed by atoms with Gasteiger partial charge in [-0.2, -0.15) is 5.10 Å². The van der Waals surface area contributed by atoms with Gasteiger partial charge in [0.05, 0.1) is 12.3 Å². The summed E-state index contributed by atoms with van der Waals surface area (Å²) in [7, 11) is -3.66. The van der Waals surface area contributed by atoms with Crippen LogP contribution in [-0.4, -0.2) is 29.8 Å². The maximum Gasteiger partial charge on any atom is 0.244 e. The first-order valence-corrected chi connectivity index (χ1v) is 9.02. The van der Waals surface area contributed by atoms with E-state index in [1.165, 1.54) is 0 Å². The van der Waals surface area contributed by atoms with E-state index >= 15 is 0 Å². The minimum Gasteiger partial charge on any atom is -0.390 e. The second-order valence-electron chi connectivity index (χ2n) is 6.20. The number of nitrogens with zero attached hydrogens (tertiary/aromatic N) is 1. The number of aliphatic hydroxyl groups excluding tert-OH is 1. The molecule has 0 amide bonds. The molecule has 0 bridgehead atoms. The van der Waals surface area contributed by atoms with Crippen LogP contribution in [0, 0.1) is 18.8 Å². The minimum atomic E-state index is -3.66. The number of rotatable bonds is 5. The summed E-state index contributed by atoms with van der Waals surface area (Å²) in [5.74, 6) is 0.805. The Labute approximate surface area is 126 Å². The summed E-state index contributed by atoms with van der Waals surface area (Å²) < 4.78 is 28.1. The van der Waals surface area contributed by atoms with E-state index in [-0.39, 0.29) is 16.6 Å². The first-order chi connectivity index (χ1) is 9.86. The Kier molecular flexibility index (Phi) is 5.06. The largest absolute Gasteiger partial charge is 0.390 e. The van der Waals surface area contributed by atoms with E-state index in [0.717, 1.165) is 25.7 Å². The van der Waals surface area contributed by atoms with Crippen LogP contribution < -0.4 is 4.72 Å². The minimum absolute atomic E-state index is 0.0374. The first-order valence-electron chi connectivity index (χ1n) is 7.54. The average Bonchev–Trinajstić information content (AvgIpc) is 2.80. The zero-order chi connectivity index (χ0) is 15.6. The summed E-state index contributed by atoms with van der Waals surface area (Å²) in [6, 6.07) is -0.0374. The van der Waals surface area contributed by atoms with Crippen molar-refractivity contribution in [1.82, 2.24) is 14.9 Å². The van der Waals surface area contributed by atoms with Gasteiger partial charge in [-0.05, 0) is 31.6 Å². The van der Waals surface area contributed by atoms with Gasteiger partial charge in [0, 0.05) is 6.04 Å². The molecule has 21 heavy (non-hydrogen) atoms. The molecule has 1 aliphatic rings. The Morgan fingerprint density at radius 1 is 1.38 bits per heavy atom. The molecule has 1 aliphatic carbocycles. The highest BCUT2D eigenvalue weighted by Gasteiger charge is 2.33. The smallest absolute Gasteiger partial charge is 0.244 e. The van der Waals surface area contributed by atoms with E-state index in [1.54, 1.807) is 6.92 Å². The lowest BCUT2D eigenvalue weighted by Crippen LogP contribution is -2.44. The Bertz CT molecular complexity index is 580. The van der Waals surface area contributed by atoms with E-state index < -0.39 is 16.6 Å². The fourth-order valence-corrected chi connectivity index (χ4v) is 4.97. The van der Waals surface area contributed by atoms with E-state index in [0.29, 0.717) is 17.5 Å². The fourth-order valence-electron chi connectivity index (χ4n) is 3.30. The zero-order valence-corrected chi connectivity index (χ0v) is 13.7. The molecular weight excluding hydrogens is 290 g/mol. The van der Waals surface area contributed by atoms with E-state index in [1.807, 2.05) is 0 Å². The molecule has 6 nitrogen and oxygen atoms in total. The zero-order valence-electron chi connectivity index (χ0n) is 12.9. The van der Waals surface area contributed by atoms with Gasteiger partial charge in [-0.1, -0.05) is 26.7 Å². The van der Waals surface area contributed by atoms with Crippen molar-refractivity contribution < 1.29 is 13.5 Å². The maximum atomic E-state index is 12.6. The number of aliphatic hydroxyl groups is 1. The van der Waals surface area contributed by atoms with Gasteiger partial charge in [0.25, 0.3) is 0 Å². The molecule has 2 unspecified atom stereocenters. The highest BCUT2D eigenvalue weighted by Crippen LogP contribution is 2.31. The Hall–Kier alpha value is -0.920. The van der Waals surface area contributed by atoms with Crippen LogP contribution in [0.2, 0.25) is 0 Å². The predicted molar refractivity (Wildman–Crippen MR) is 80.2 cm³/mol. The van der Waals surface area contributed by atoms with Crippen molar-refractivity contribution in [1.29, 1.82) is 0 Å². The van der Waals surface area contributed by atoms with Gasteiger partial charge in [-0.3, -0.25) is 5.10 Å². The summed E-state index contributed by atoms with van der Waals surface area (Å²) in [6.45, 7) is 5.54. The molecule has 1 saturated carbocycles. The quantitative estimate of drug-likeness (QED) is 0.771. The number of hydrogen-bond acceptors (Lipinski definition) is 4. The van der Waals surface area contributed by atoms with Crippen LogP contribution in [-0.2, 0) is 16.6 Å². The average molecular weight is 315 g/mol. The van der Waals surface area contributed by atoms with Crippen molar-refractivity contribution in [3.05, 3.63) is 11.4 Å². The monoisotopic (exact) mass is 315 g/mol. The lowest BCUT2D eigenvalue weighted by atomic mass is 9.78. The van der Waals surface area contributed by atoms with Crippen molar-refractivity contribution in [2.45, 2.75) is 64.0 Å². The number of aromatic nitrogens is 2. The van der Waals surface area contributed by atoms with Crippen LogP contribution in [0.3, 0.4) is 0 Å². The molecule has 2 atom stereocenters. The molecule has 3 N–H and O–H groups in total. The SMILES string of the molecule is Cc1[nH]nc(CO)c1S(=O)(=O)NC1CCCCC1C(C)C. The van der Waals surface area contributed by atoms with E-state index in [2.05, 4.69) is 28.8 Å². The van der Waals surface area contributed by atoms with Crippen molar-refractivity contribution in [2.24, 2.45) is 11.8 Å². The number of aromatic amines is 1. The molecule has 0 saturated heterocycles. The first kappa shape index (κ1) is 16.5. The lowest BCUT2D eigenvalue weighted by molar-refractivity contribution is 0.226. The summed E-state index contributed by atoms with van der Waals surface area (Å²) in [5, 5.41) is 15.8. The van der Waals surface area contributed by atoms with Gasteiger partial charge in [-0.15, -0.1) is 0 Å². The van der Waals surface area contributed by atoms with Crippen molar-refractivity contribution in [3.8, 4) is 0 Å². The Morgan fingerprint density at radius 2 is 2.05 bits per heavy atom. The molecule has 1 heterocycles. The molecule has 0 aliphatic heterocycles. The molecule has 0 radical (unpaired) electrons. The number of H-pyrrole nitrogens is 1. The fraction of sp³-hybridized carbons (Fsp3) is 0.786. The Morgan fingerprint density at radius 3 is 2.67 bits per heavy atom. The normalized spacial score (nSPS) is 23.7. The van der Waals surface area contributed by atoms with Gasteiger partial charge >= 0.3 is 0 Å². The molecule has 2 rings (SSSR count). The summed E-state index contributed by atoms with van der Waals surface area (Å²) in [6.07, 6.45) is 4.14. The number of aryl methyl sites for hydroxylation is 1. The van der Waals surface area contributed by atoms with Crippen LogP contribution in [0.1, 0.15) is 50.9 Å². The molecule has 1 fully saturated rings. The van der Waals surface area contributed by atoms with Crippen LogP contribution in [0.25, 0.3) is 0 Å². The molecule has 0 aromatic carbocycles. The standard InChI is InChI=1S/C14H25N3O3S/c1-9(2)11-6-4-5-7-12(11)17-21(19,20)14-10(3)15-16-13(14)8-18/h9,11-12,17-18H,4-8H2,1-3H3,(H,15,16). The second kappa shape index (κ2) is 6.46. The van der Waals surface area contributed by atoms with Crippen molar-refractivity contribution >= 4 is 10.0 Å². The van der Waals surface area contributed by atoms with Gasteiger partial charge in [0.15, 0.2) is 0 Å². The molecule has 0 spiro atoms. The predicted octanol–water partition coefficient (Wildman–Crippen LogP) is 1.70. The van der Waals surface area contributed by atoms with Gasteiger partial charge < -0.3 is 5.11 Å². The highest BCUT2D eigenvalue weighted by molar-refractivity contribution is 7.89. The van der Waals surface area contributed by atoms with Gasteiger partial charge in [0.2, 0.25) is 10.0 Å². The lowest BCUT2D eigenvalue weighted by Gasteiger charge is -2.34. The van der Waals surface area contributed by atoms with Gasteiger partial charge in [0.1, 0.15) is 10.6 Å². The number of nitrogens with one attached hydrogen (secondary N) is 2. The maximum absolute atomic E-state index is 12.6. The third-order valence-electron chi connectivity index (χ3n) is 4.36. The molecular formula is C14H25N3O3S. The van der Waals surface area contributed by atoms with E-state index in [4.69, 9.17) is 0 Å². The van der Waals surface area contributed by atoms with Crippen LogP contribution in [0.4, 0.5) is 0 Å². The summed E-state index contributed by atoms with van der Waals surface area (Å²) in [5.41, 5.74) is 0.639. The van der Waals surface area contributed by atoms with Gasteiger partial charge in [-0.25, -0.2) is 13.1 Å². The van der Waals surface area contributed by atoms with Crippen molar-refractivity contribution in [2.75, 3.05) is 0 Å². The Balaban J connectivity index is 2.26. The molecule has 120 valence electrons. The third kappa shape index (κ3) is 3.46. The van der Waals surface area contributed by atoms with Crippen LogP contribution in [0.15, 0.2) is 4.90 Å². The van der Waals surface area contributed by atoms with E-state index in [9.17, 15) is 13.5 Å². The topological polar surface area (TPSA) is 95.1 Å². The van der Waals surface area contributed by atoms with Crippen LogP contribution >= 0.6 is 0 Å². The number of hydrogen-bond donors (Lipinski definition) is 3. The van der Waals surface area contributed by atoms with Crippen LogP contribution in [0.5, 0.6) is 0 Å². The third-order valence-corrected chi connectivity index (χ3v) is 6.05. The molecule has 7 heteroatoms. The number of sulfonamides is 1. The van der Waals surface area contributed by atoms with Crippen molar-refractivity contribution in [3.63, 3.8) is 0 Å². The molecule has 1 aromatic heterocycles. The summed E-state index contributed by atoms with van der Waals surface area (Å²) in [4.78, 5) is 0.0954. The molecule has 1 aromatic rings.